The lowest BCUT2D eigenvalue weighted by Gasteiger charge is -2.41. The van der Waals surface area contributed by atoms with Gasteiger partial charge in [0.15, 0.2) is 0 Å². The summed E-state index contributed by atoms with van der Waals surface area (Å²) in [5.74, 6) is 2.08. The number of benzene rings is 1. The number of rotatable bonds is 3. The number of hydrogen-bond donors (Lipinski definition) is 1. The molecule has 21 heavy (non-hydrogen) atoms. The molecular weight excluding hydrogens is 301 g/mol. The molecule has 118 valence electrons. The van der Waals surface area contributed by atoms with Crippen LogP contribution in [0.25, 0.3) is 0 Å². The molecule has 0 amide bonds. The Balaban J connectivity index is 2.12. The van der Waals surface area contributed by atoms with Crippen molar-refractivity contribution in [2.75, 3.05) is 6.54 Å². The van der Waals surface area contributed by atoms with Gasteiger partial charge >= 0.3 is 0 Å². The van der Waals surface area contributed by atoms with E-state index in [0.29, 0.717) is 27.3 Å². The third-order valence-corrected chi connectivity index (χ3v) is 5.89. The van der Waals surface area contributed by atoms with Gasteiger partial charge in [-0.2, -0.15) is 0 Å². The Labute approximate surface area is 139 Å². The third-order valence-electron chi connectivity index (χ3n) is 5.15. The van der Waals surface area contributed by atoms with Crippen molar-refractivity contribution in [2.24, 2.45) is 28.9 Å². The molecule has 2 N–H and O–H groups in total. The first kappa shape index (κ1) is 17.1. The van der Waals surface area contributed by atoms with Crippen LogP contribution < -0.4 is 5.73 Å². The molecule has 1 aliphatic carbocycles. The van der Waals surface area contributed by atoms with Gasteiger partial charge in [0.1, 0.15) is 0 Å². The van der Waals surface area contributed by atoms with E-state index >= 15 is 0 Å². The fraction of sp³-hybridized carbons (Fsp3) is 0.667. The topological polar surface area (TPSA) is 26.0 Å². The maximum absolute atomic E-state index is 6.15. The van der Waals surface area contributed by atoms with E-state index in [9.17, 15) is 0 Å². The van der Waals surface area contributed by atoms with Crippen molar-refractivity contribution in [3.8, 4) is 0 Å². The molecule has 1 saturated carbocycles. The highest BCUT2D eigenvalue weighted by atomic mass is 35.5. The van der Waals surface area contributed by atoms with Crippen molar-refractivity contribution >= 4 is 23.2 Å². The van der Waals surface area contributed by atoms with Crippen LogP contribution in [0.4, 0.5) is 0 Å². The molecule has 2 rings (SSSR count). The van der Waals surface area contributed by atoms with Gasteiger partial charge in [-0.15, -0.1) is 0 Å². The van der Waals surface area contributed by atoms with Crippen LogP contribution >= 0.6 is 23.2 Å². The van der Waals surface area contributed by atoms with Crippen LogP contribution in [-0.4, -0.2) is 6.54 Å². The molecule has 0 heterocycles. The van der Waals surface area contributed by atoms with Crippen LogP contribution in [0.2, 0.25) is 10.0 Å². The molecule has 1 nitrogen and oxygen atoms in total. The molecule has 0 radical (unpaired) electrons. The monoisotopic (exact) mass is 327 g/mol. The van der Waals surface area contributed by atoms with Crippen LogP contribution in [-0.2, 0) is 6.42 Å². The van der Waals surface area contributed by atoms with Gasteiger partial charge in [0.2, 0.25) is 0 Å². The fourth-order valence-corrected chi connectivity index (χ4v) is 3.96. The summed E-state index contributed by atoms with van der Waals surface area (Å²) in [5.41, 5.74) is 7.67. The number of halogens is 2. The minimum Gasteiger partial charge on any atom is -0.330 e. The zero-order chi connectivity index (χ0) is 15.6. The second-order valence-corrected chi connectivity index (χ2v) is 8.40. The van der Waals surface area contributed by atoms with Gasteiger partial charge in [-0.3, -0.25) is 0 Å². The van der Waals surface area contributed by atoms with E-state index in [0.717, 1.165) is 18.9 Å². The van der Waals surface area contributed by atoms with Crippen molar-refractivity contribution in [3.63, 3.8) is 0 Å². The Bertz CT molecular complexity index is 479. The Kier molecular flexibility index (Phi) is 5.62. The lowest BCUT2D eigenvalue weighted by atomic mass is 9.64. The van der Waals surface area contributed by atoms with E-state index in [1.165, 1.54) is 24.8 Å². The molecule has 1 fully saturated rings. The van der Waals surface area contributed by atoms with Crippen molar-refractivity contribution in [2.45, 2.75) is 46.5 Å². The first-order chi connectivity index (χ1) is 9.81. The highest BCUT2D eigenvalue weighted by molar-refractivity contribution is 6.42. The molecule has 0 aliphatic heterocycles. The molecule has 1 aromatic rings. The van der Waals surface area contributed by atoms with E-state index in [1.54, 1.807) is 0 Å². The van der Waals surface area contributed by atoms with E-state index < -0.39 is 0 Å². The average molecular weight is 328 g/mol. The van der Waals surface area contributed by atoms with Gasteiger partial charge in [0, 0.05) is 0 Å². The predicted octanol–water partition coefficient (Wildman–Crippen LogP) is 5.57. The molecule has 0 spiro atoms. The minimum atomic E-state index is 0.384. The minimum absolute atomic E-state index is 0.384. The van der Waals surface area contributed by atoms with Crippen LogP contribution in [0.15, 0.2) is 18.2 Å². The molecule has 0 bridgehead atoms. The quantitative estimate of drug-likeness (QED) is 0.771. The maximum atomic E-state index is 6.15. The second-order valence-electron chi connectivity index (χ2n) is 7.58. The first-order valence-corrected chi connectivity index (χ1v) is 8.71. The van der Waals surface area contributed by atoms with Crippen LogP contribution in [0.1, 0.15) is 45.6 Å². The summed E-state index contributed by atoms with van der Waals surface area (Å²) in [4.78, 5) is 0. The molecule has 1 aliphatic rings. The van der Waals surface area contributed by atoms with Crippen LogP contribution in [0.5, 0.6) is 0 Å². The Morgan fingerprint density at radius 1 is 1.10 bits per heavy atom. The maximum Gasteiger partial charge on any atom is 0.0595 e. The van der Waals surface area contributed by atoms with Crippen LogP contribution in [0, 0.1) is 23.2 Å². The smallest absolute Gasteiger partial charge is 0.0595 e. The van der Waals surface area contributed by atoms with E-state index in [1.807, 2.05) is 12.1 Å². The summed E-state index contributed by atoms with van der Waals surface area (Å²) < 4.78 is 0. The number of nitrogens with two attached hydrogens (primary N) is 1. The average Bonchev–Trinajstić information content (AvgIpc) is 2.42. The molecule has 1 aromatic carbocycles. The Morgan fingerprint density at radius 3 is 2.38 bits per heavy atom. The lowest BCUT2D eigenvalue weighted by Crippen LogP contribution is -2.36. The van der Waals surface area contributed by atoms with Gasteiger partial charge in [-0.1, -0.05) is 50.0 Å². The van der Waals surface area contributed by atoms with Gasteiger partial charge in [0.25, 0.3) is 0 Å². The Morgan fingerprint density at radius 2 is 1.81 bits per heavy atom. The third kappa shape index (κ3) is 4.37. The van der Waals surface area contributed by atoms with Crippen molar-refractivity contribution in [3.05, 3.63) is 33.8 Å². The normalized spacial score (nSPS) is 26.9. The SMILES string of the molecule is CC(C)(C)C1CCC(CN)C(Cc2ccc(Cl)c(Cl)c2)C1. The highest BCUT2D eigenvalue weighted by Gasteiger charge is 2.35. The Hall–Kier alpha value is -0.240. The first-order valence-electron chi connectivity index (χ1n) is 7.95. The zero-order valence-corrected chi connectivity index (χ0v) is 14.8. The standard InChI is InChI=1S/C18H27Cl2N/c1-18(2,3)15-6-5-13(11-21)14(10-15)8-12-4-7-16(19)17(20)9-12/h4,7,9,13-15H,5-6,8,10-11,21H2,1-3H3. The predicted molar refractivity (Wildman–Crippen MR) is 93.0 cm³/mol. The summed E-state index contributed by atoms with van der Waals surface area (Å²) in [6, 6.07) is 6.02. The molecule has 3 atom stereocenters. The summed E-state index contributed by atoms with van der Waals surface area (Å²) >= 11 is 12.2. The highest BCUT2D eigenvalue weighted by Crippen LogP contribution is 2.43. The largest absolute Gasteiger partial charge is 0.330 e. The zero-order valence-electron chi connectivity index (χ0n) is 13.3. The number of hydrogen-bond acceptors (Lipinski definition) is 1. The van der Waals surface area contributed by atoms with Gasteiger partial charge in [-0.25, -0.2) is 0 Å². The summed E-state index contributed by atoms with van der Waals surface area (Å²) in [7, 11) is 0. The van der Waals surface area contributed by atoms with E-state index in [2.05, 4.69) is 26.8 Å². The second kappa shape index (κ2) is 6.89. The van der Waals surface area contributed by atoms with E-state index in [-0.39, 0.29) is 0 Å². The summed E-state index contributed by atoms with van der Waals surface area (Å²) in [6.45, 7) is 7.87. The van der Waals surface area contributed by atoms with E-state index in [4.69, 9.17) is 28.9 Å². The molecule has 0 saturated heterocycles. The molecular formula is C18H27Cl2N. The van der Waals surface area contributed by atoms with Crippen molar-refractivity contribution in [1.29, 1.82) is 0 Å². The summed E-state index contributed by atoms with van der Waals surface area (Å²) in [5, 5.41) is 1.29. The summed E-state index contributed by atoms with van der Waals surface area (Å²) in [6.07, 6.45) is 4.89. The molecule has 3 heteroatoms. The fourth-order valence-electron chi connectivity index (χ4n) is 3.64. The van der Waals surface area contributed by atoms with Gasteiger partial charge in [-0.05, 0) is 73.1 Å². The van der Waals surface area contributed by atoms with Gasteiger partial charge in [0.05, 0.1) is 10.0 Å². The molecule has 3 unspecified atom stereocenters. The van der Waals surface area contributed by atoms with Gasteiger partial charge < -0.3 is 5.73 Å². The van der Waals surface area contributed by atoms with Crippen molar-refractivity contribution in [1.82, 2.24) is 0 Å². The lowest BCUT2D eigenvalue weighted by molar-refractivity contribution is 0.101. The van der Waals surface area contributed by atoms with Crippen molar-refractivity contribution < 1.29 is 0 Å². The van der Waals surface area contributed by atoms with Crippen LogP contribution in [0.3, 0.4) is 0 Å². The molecule has 0 aromatic heterocycles.